The molecule has 2 heteroatoms. The van der Waals surface area contributed by atoms with Crippen molar-refractivity contribution in [2.75, 3.05) is 24.5 Å². The highest BCUT2D eigenvalue weighted by Crippen LogP contribution is 2.39. The van der Waals surface area contributed by atoms with Crippen molar-refractivity contribution in [3.63, 3.8) is 0 Å². The van der Waals surface area contributed by atoms with Crippen LogP contribution in [-0.4, -0.2) is 19.6 Å². The van der Waals surface area contributed by atoms with Gasteiger partial charge in [-0.2, -0.15) is 0 Å². The second-order valence-electron chi connectivity index (χ2n) is 5.86. The smallest absolute Gasteiger partial charge is 0.0399 e. The molecule has 1 saturated heterocycles. The Balaban J connectivity index is 2.09. The van der Waals surface area contributed by atoms with E-state index in [1.807, 2.05) is 0 Å². The first-order chi connectivity index (χ1) is 9.24. The number of piperidine rings is 1. The summed E-state index contributed by atoms with van der Waals surface area (Å²) in [5.41, 5.74) is 9.14. The summed E-state index contributed by atoms with van der Waals surface area (Å²) >= 11 is 0. The molecule has 0 unspecified atom stereocenters. The van der Waals surface area contributed by atoms with Crippen LogP contribution < -0.4 is 10.6 Å². The zero-order chi connectivity index (χ0) is 13.7. The van der Waals surface area contributed by atoms with Gasteiger partial charge in [0.05, 0.1) is 0 Å². The van der Waals surface area contributed by atoms with E-state index in [0.29, 0.717) is 5.41 Å². The van der Waals surface area contributed by atoms with Crippen LogP contribution in [0.25, 0.3) is 0 Å². The average molecular weight is 260 g/mol. The number of rotatable bonds is 5. The lowest BCUT2D eigenvalue weighted by molar-refractivity contribution is 0.199. The van der Waals surface area contributed by atoms with Crippen molar-refractivity contribution >= 4 is 5.69 Å². The molecule has 0 aliphatic carbocycles. The Labute approximate surface area is 118 Å². The molecule has 0 radical (unpaired) electrons. The van der Waals surface area contributed by atoms with E-state index in [4.69, 9.17) is 5.73 Å². The fraction of sp³-hybridized carbons (Fsp3) is 0.647. The number of hydrogen-bond acceptors (Lipinski definition) is 2. The topological polar surface area (TPSA) is 29.3 Å². The van der Waals surface area contributed by atoms with Crippen molar-refractivity contribution in [3.8, 4) is 0 Å². The predicted molar refractivity (Wildman–Crippen MR) is 83.7 cm³/mol. The first-order valence-corrected chi connectivity index (χ1v) is 7.77. The first kappa shape index (κ1) is 14.4. The van der Waals surface area contributed by atoms with Crippen LogP contribution in [0.1, 0.15) is 45.1 Å². The van der Waals surface area contributed by atoms with Crippen LogP contribution >= 0.6 is 0 Å². The van der Waals surface area contributed by atoms with Crippen LogP contribution in [-0.2, 0) is 6.42 Å². The van der Waals surface area contributed by atoms with Crippen LogP contribution in [0.5, 0.6) is 0 Å². The average Bonchev–Trinajstić information content (AvgIpc) is 2.48. The van der Waals surface area contributed by atoms with Crippen LogP contribution in [0.4, 0.5) is 5.69 Å². The number of hydrogen-bond donors (Lipinski definition) is 1. The SMILES string of the molecule is CCC1(CC)CCN(c2ccccc2CCN)CC1. The van der Waals surface area contributed by atoms with E-state index in [2.05, 4.69) is 43.0 Å². The Morgan fingerprint density at radius 2 is 1.74 bits per heavy atom. The summed E-state index contributed by atoms with van der Waals surface area (Å²) in [7, 11) is 0. The maximum atomic E-state index is 5.73. The second-order valence-corrected chi connectivity index (χ2v) is 5.86. The standard InChI is InChI=1S/C17H28N2/c1-3-17(4-2)10-13-19(14-11-17)16-8-6-5-7-15(16)9-12-18/h5-8H,3-4,9-14,18H2,1-2H3. The Bertz CT molecular complexity index is 386. The first-order valence-electron chi connectivity index (χ1n) is 7.77. The summed E-state index contributed by atoms with van der Waals surface area (Å²) in [4.78, 5) is 2.56. The number of benzene rings is 1. The Morgan fingerprint density at radius 3 is 2.32 bits per heavy atom. The van der Waals surface area contributed by atoms with E-state index in [9.17, 15) is 0 Å². The van der Waals surface area contributed by atoms with Gasteiger partial charge in [0, 0.05) is 18.8 Å². The highest BCUT2D eigenvalue weighted by atomic mass is 15.1. The zero-order valence-corrected chi connectivity index (χ0v) is 12.5. The van der Waals surface area contributed by atoms with Crippen molar-refractivity contribution < 1.29 is 0 Å². The van der Waals surface area contributed by atoms with Gasteiger partial charge < -0.3 is 10.6 Å². The van der Waals surface area contributed by atoms with Crippen molar-refractivity contribution in [2.24, 2.45) is 11.1 Å². The maximum Gasteiger partial charge on any atom is 0.0399 e. The minimum Gasteiger partial charge on any atom is -0.371 e. The Hall–Kier alpha value is -1.02. The number of nitrogens with zero attached hydrogens (tertiary/aromatic N) is 1. The molecule has 106 valence electrons. The summed E-state index contributed by atoms with van der Waals surface area (Å²) in [6, 6.07) is 8.76. The summed E-state index contributed by atoms with van der Waals surface area (Å²) in [6.45, 7) is 7.83. The van der Waals surface area contributed by atoms with Gasteiger partial charge in [0.25, 0.3) is 0 Å². The van der Waals surface area contributed by atoms with E-state index in [1.165, 1.54) is 50.0 Å². The quantitative estimate of drug-likeness (QED) is 0.876. The molecule has 1 aliphatic rings. The van der Waals surface area contributed by atoms with Crippen molar-refractivity contribution in [2.45, 2.75) is 46.0 Å². The number of anilines is 1. The molecule has 0 amide bonds. The highest BCUT2D eigenvalue weighted by molar-refractivity contribution is 5.54. The summed E-state index contributed by atoms with van der Waals surface area (Å²) in [6.07, 6.45) is 6.29. The molecule has 1 aromatic rings. The lowest BCUT2D eigenvalue weighted by Gasteiger charge is -2.42. The molecule has 0 spiro atoms. The molecule has 2 nitrogen and oxygen atoms in total. The van der Waals surface area contributed by atoms with E-state index in [-0.39, 0.29) is 0 Å². The van der Waals surface area contributed by atoms with E-state index in [1.54, 1.807) is 0 Å². The van der Waals surface area contributed by atoms with Crippen molar-refractivity contribution in [1.82, 2.24) is 0 Å². The predicted octanol–water partition coefficient (Wildman–Crippen LogP) is 3.59. The largest absolute Gasteiger partial charge is 0.371 e. The molecule has 1 heterocycles. The molecule has 2 N–H and O–H groups in total. The number of para-hydroxylation sites is 1. The second kappa shape index (κ2) is 6.42. The maximum absolute atomic E-state index is 5.73. The van der Waals surface area contributed by atoms with Crippen LogP contribution in [0, 0.1) is 5.41 Å². The third-order valence-electron chi connectivity index (χ3n) is 5.07. The summed E-state index contributed by atoms with van der Waals surface area (Å²) < 4.78 is 0. The van der Waals surface area contributed by atoms with Gasteiger partial charge in [0.2, 0.25) is 0 Å². The van der Waals surface area contributed by atoms with Crippen molar-refractivity contribution in [3.05, 3.63) is 29.8 Å². The summed E-state index contributed by atoms with van der Waals surface area (Å²) in [5.74, 6) is 0. The molecule has 0 saturated carbocycles. The fourth-order valence-electron chi connectivity index (χ4n) is 3.37. The van der Waals surface area contributed by atoms with Gasteiger partial charge in [-0.25, -0.2) is 0 Å². The Morgan fingerprint density at radius 1 is 1.11 bits per heavy atom. The Kier molecular flexibility index (Phi) is 4.87. The van der Waals surface area contributed by atoms with Crippen LogP contribution in [0.15, 0.2) is 24.3 Å². The monoisotopic (exact) mass is 260 g/mol. The molecular formula is C17H28N2. The lowest BCUT2D eigenvalue weighted by Crippen LogP contribution is -2.40. The molecule has 2 rings (SSSR count). The van der Waals surface area contributed by atoms with Crippen molar-refractivity contribution in [1.29, 1.82) is 0 Å². The molecular weight excluding hydrogens is 232 g/mol. The van der Waals surface area contributed by atoms with Gasteiger partial charge in [-0.3, -0.25) is 0 Å². The van der Waals surface area contributed by atoms with Gasteiger partial charge in [-0.05, 0) is 42.9 Å². The van der Waals surface area contributed by atoms with E-state index < -0.39 is 0 Å². The van der Waals surface area contributed by atoms with E-state index in [0.717, 1.165) is 13.0 Å². The van der Waals surface area contributed by atoms with Crippen LogP contribution in [0.3, 0.4) is 0 Å². The third-order valence-corrected chi connectivity index (χ3v) is 5.07. The molecule has 0 aromatic heterocycles. The van der Waals surface area contributed by atoms with Gasteiger partial charge >= 0.3 is 0 Å². The molecule has 1 fully saturated rings. The molecule has 1 aromatic carbocycles. The molecule has 19 heavy (non-hydrogen) atoms. The van der Waals surface area contributed by atoms with Gasteiger partial charge in [0.1, 0.15) is 0 Å². The highest BCUT2D eigenvalue weighted by Gasteiger charge is 2.31. The third kappa shape index (κ3) is 3.11. The molecule has 1 aliphatic heterocycles. The molecule has 0 atom stereocenters. The van der Waals surface area contributed by atoms with Gasteiger partial charge in [0.15, 0.2) is 0 Å². The lowest BCUT2D eigenvalue weighted by atomic mass is 9.74. The zero-order valence-electron chi connectivity index (χ0n) is 12.5. The minimum absolute atomic E-state index is 0.597. The van der Waals surface area contributed by atoms with Crippen LogP contribution in [0.2, 0.25) is 0 Å². The number of nitrogens with two attached hydrogens (primary N) is 1. The fourth-order valence-corrected chi connectivity index (χ4v) is 3.37. The molecule has 0 bridgehead atoms. The minimum atomic E-state index is 0.597. The summed E-state index contributed by atoms with van der Waals surface area (Å²) in [5, 5.41) is 0. The van der Waals surface area contributed by atoms with Gasteiger partial charge in [-0.1, -0.05) is 44.9 Å². The normalized spacial score (nSPS) is 18.6. The van der Waals surface area contributed by atoms with E-state index >= 15 is 0 Å². The van der Waals surface area contributed by atoms with Gasteiger partial charge in [-0.15, -0.1) is 0 Å².